The van der Waals surface area contributed by atoms with Gasteiger partial charge in [-0.3, -0.25) is 4.79 Å². The average Bonchev–Trinajstić information content (AvgIpc) is 1.81. The fourth-order valence-corrected chi connectivity index (χ4v) is 0.546. The average molecular weight is 145 g/mol. The second-order valence-corrected chi connectivity index (χ2v) is 1.87. The minimum absolute atomic E-state index is 0.457. The van der Waals surface area contributed by atoms with Gasteiger partial charge in [-0.15, -0.1) is 0 Å². The lowest BCUT2D eigenvalue weighted by Crippen LogP contribution is -2.46. The summed E-state index contributed by atoms with van der Waals surface area (Å²) in [6, 6.07) is -1.37. The molecular weight excluding hydrogens is 134 g/mol. The number of carbonyl (C=O) groups excluding carboxylic acids is 2. The molecule has 0 aromatic carbocycles. The number of hydrogen-bond acceptors (Lipinski definition) is 2. The van der Waals surface area contributed by atoms with Gasteiger partial charge >= 0.3 is 6.03 Å². The molecule has 1 atom stereocenters. The first-order valence-corrected chi connectivity index (χ1v) is 2.93. The third kappa shape index (κ3) is 2.91. The van der Waals surface area contributed by atoms with Crippen molar-refractivity contribution < 1.29 is 9.59 Å². The van der Waals surface area contributed by atoms with Crippen LogP contribution in [0.15, 0.2) is 0 Å². The lowest BCUT2D eigenvalue weighted by Gasteiger charge is -2.09. The van der Waals surface area contributed by atoms with E-state index in [1.807, 2.05) is 0 Å². The van der Waals surface area contributed by atoms with Crippen LogP contribution in [-0.4, -0.2) is 18.0 Å². The van der Waals surface area contributed by atoms with Crippen molar-refractivity contribution in [2.45, 2.75) is 19.4 Å². The van der Waals surface area contributed by atoms with Crippen LogP contribution in [0, 0.1) is 0 Å². The number of urea groups is 1. The molecule has 0 saturated carbocycles. The highest BCUT2D eigenvalue weighted by Gasteiger charge is 2.12. The summed E-state index contributed by atoms with van der Waals surface area (Å²) in [4.78, 5) is 20.6. The van der Waals surface area contributed by atoms with Crippen molar-refractivity contribution in [2.24, 2.45) is 11.5 Å². The van der Waals surface area contributed by atoms with Gasteiger partial charge in [0.2, 0.25) is 5.91 Å². The van der Waals surface area contributed by atoms with Gasteiger partial charge in [0, 0.05) is 0 Å². The van der Waals surface area contributed by atoms with Crippen LogP contribution >= 0.6 is 0 Å². The van der Waals surface area contributed by atoms with Gasteiger partial charge in [0.1, 0.15) is 6.04 Å². The molecule has 0 aliphatic heterocycles. The Bertz CT molecular complexity index is 146. The number of hydrogen-bond donors (Lipinski definition) is 3. The molecule has 0 unspecified atom stereocenters. The van der Waals surface area contributed by atoms with Gasteiger partial charge in [0.05, 0.1) is 0 Å². The predicted octanol–water partition coefficient (Wildman–Crippen LogP) is -1.08. The van der Waals surface area contributed by atoms with Crippen molar-refractivity contribution in [2.75, 3.05) is 0 Å². The summed E-state index contributed by atoms with van der Waals surface area (Å²) >= 11 is 0. The fourth-order valence-electron chi connectivity index (χ4n) is 0.546. The number of nitrogens with one attached hydrogen (secondary N) is 1. The molecule has 10 heavy (non-hydrogen) atoms. The molecule has 0 fully saturated rings. The Hall–Kier alpha value is -1.26. The number of amides is 3. The molecule has 5 heteroatoms. The standard InChI is InChI=1S/C5H11N3O2/c1-2-3(4(6)9)8-5(7)10/h3H,2H2,1H3,(H2,6,9)(H3,7,8,10)/t3-/m1/s1. The molecule has 0 saturated heterocycles. The zero-order valence-electron chi connectivity index (χ0n) is 5.76. The Balaban J connectivity index is 3.83. The highest BCUT2D eigenvalue weighted by atomic mass is 16.2. The van der Waals surface area contributed by atoms with Gasteiger partial charge < -0.3 is 16.8 Å². The molecule has 0 heterocycles. The maximum absolute atomic E-state index is 10.4. The fraction of sp³-hybridized carbons (Fsp3) is 0.600. The van der Waals surface area contributed by atoms with Crippen molar-refractivity contribution in [1.82, 2.24) is 5.32 Å². The highest BCUT2D eigenvalue weighted by Crippen LogP contribution is 1.86. The van der Waals surface area contributed by atoms with Crippen LogP contribution in [0.5, 0.6) is 0 Å². The van der Waals surface area contributed by atoms with Gasteiger partial charge in [-0.2, -0.15) is 0 Å². The first-order chi connectivity index (χ1) is 4.57. The Morgan fingerprint density at radius 2 is 2.00 bits per heavy atom. The van der Waals surface area contributed by atoms with E-state index >= 15 is 0 Å². The smallest absolute Gasteiger partial charge is 0.312 e. The molecule has 0 rings (SSSR count). The van der Waals surface area contributed by atoms with Crippen LogP contribution < -0.4 is 16.8 Å². The second-order valence-electron chi connectivity index (χ2n) is 1.87. The molecule has 0 bridgehead atoms. The van der Waals surface area contributed by atoms with Crippen LogP contribution in [0.4, 0.5) is 4.79 Å². The summed E-state index contributed by atoms with van der Waals surface area (Å²) in [5, 5.41) is 2.19. The van der Waals surface area contributed by atoms with Crippen molar-refractivity contribution >= 4 is 11.9 Å². The second kappa shape index (κ2) is 3.71. The molecule has 5 nitrogen and oxygen atoms in total. The molecule has 0 aliphatic carbocycles. The van der Waals surface area contributed by atoms with E-state index in [0.717, 1.165) is 0 Å². The molecule has 58 valence electrons. The van der Waals surface area contributed by atoms with Crippen LogP contribution in [-0.2, 0) is 4.79 Å². The number of rotatable bonds is 3. The molecule has 5 N–H and O–H groups in total. The SMILES string of the molecule is CC[C@@H](NC(N)=O)C(N)=O. The molecule has 0 aromatic rings. The Kier molecular flexibility index (Phi) is 3.24. The summed E-state index contributed by atoms with van der Waals surface area (Å²) in [5.41, 5.74) is 9.64. The largest absolute Gasteiger partial charge is 0.368 e. The predicted molar refractivity (Wildman–Crippen MR) is 36.0 cm³/mol. The zero-order valence-corrected chi connectivity index (χ0v) is 5.76. The van der Waals surface area contributed by atoms with E-state index in [4.69, 9.17) is 11.5 Å². The molecule has 0 spiro atoms. The number of primary amides is 2. The van der Waals surface area contributed by atoms with Crippen LogP contribution in [0.1, 0.15) is 13.3 Å². The summed E-state index contributed by atoms with van der Waals surface area (Å²) in [6.07, 6.45) is 0.457. The summed E-state index contributed by atoms with van der Waals surface area (Å²) in [5.74, 6) is -0.568. The minimum atomic E-state index is -0.731. The quantitative estimate of drug-likeness (QED) is 0.470. The van der Waals surface area contributed by atoms with Gasteiger partial charge in [-0.05, 0) is 6.42 Å². The van der Waals surface area contributed by atoms with Gasteiger partial charge in [0.15, 0.2) is 0 Å². The summed E-state index contributed by atoms with van der Waals surface area (Å²) in [6.45, 7) is 1.73. The topological polar surface area (TPSA) is 98.2 Å². The Morgan fingerprint density at radius 3 is 2.10 bits per heavy atom. The van der Waals surface area contributed by atoms with Gasteiger partial charge in [0.25, 0.3) is 0 Å². The first kappa shape index (κ1) is 8.74. The van der Waals surface area contributed by atoms with Crippen molar-refractivity contribution in [3.05, 3.63) is 0 Å². The maximum atomic E-state index is 10.4. The van der Waals surface area contributed by atoms with Crippen LogP contribution in [0.3, 0.4) is 0 Å². The van der Waals surface area contributed by atoms with E-state index in [-0.39, 0.29) is 0 Å². The van der Waals surface area contributed by atoms with Crippen molar-refractivity contribution in [3.8, 4) is 0 Å². The minimum Gasteiger partial charge on any atom is -0.368 e. The van der Waals surface area contributed by atoms with E-state index in [1.54, 1.807) is 6.92 Å². The number of carbonyl (C=O) groups is 2. The van der Waals surface area contributed by atoms with E-state index in [0.29, 0.717) is 6.42 Å². The lowest BCUT2D eigenvalue weighted by atomic mass is 10.2. The van der Waals surface area contributed by atoms with Crippen molar-refractivity contribution in [3.63, 3.8) is 0 Å². The van der Waals surface area contributed by atoms with Crippen LogP contribution in [0.25, 0.3) is 0 Å². The van der Waals surface area contributed by atoms with E-state index in [1.165, 1.54) is 0 Å². The third-order valence-electron chi connectivity index (χ3n) is 1.07. The Labute approximate surface area is 58.8 Å². The summed E-state index contributed by atoms with van der Waals surface area (Å²) < 4.78 is 0. The molecular formula is C5H11N3O2. The normalized spacial score (nSPS) is 12.1. The molecule has 3 amide bonds. The monoisotopic (exact) mass is 145 g/mol. The maximum Gasteiger partial charge on any atom is 0.312 e. The highest BCUT2D eigenvalue weighted by molar-refractivity contribution is 5.85. The van der Waals surface area contributed by atoms with E-state index in [9.17, 15) is 9.59 Å². The number of nitrogens with two attached hydrogens (primary N) is 2. The van der Waals surface area contributed by atoms with E-state index < -0.39 is 18.0 Å². The third-order valence-corrected chi connectivity index (χ3v) is 1.07. The van der Waals surface area contributed by atoms with Crippen LogP contribution in [0.2, 0.25) is 0 Å². The van der Waals surface area contributed by atoms with E-state index in [2.05, 4.69) is 5.32 Å². The Morgan fingerprint density at radius 1 is 1.50 bits per heavy atom. The van der Waals surface area contributed by atoms with Gasteiger partial charge in [-0.25, -0.2) is 4.79 Å². The zero-order chi connectivity index (χ0) is 8.15. The lowest BCUT2D eigenvalue weighted by molar-refractivity contribution is -0.119. The van der Waals surface area contributed by atoms with Gasteiger partial charge in [-0.1, -0.05) is 6.92 Å². The first-order valence-electron chi connectivity index (χ1n) is 2.93. The van der Waals surface area contributed by atoms with Crippen molar-refractivity contribution in [1.29, 1.82) is 0 Å². The molecule has 0 radical (unpaired) electrons. The summed E-state index contributed by atoms with van der Waals surface area (Å²) in [7, 11) is 0. The molecule has 0 aliphatic rings. The molecule has 0 aromatic heterocycles.